The minimum Gasteiger partial charge on any atom is -0.496 e. The molecule has 0 saturated carbocycles. The van der Waals surface area contributed by atoms with E-state index in [2.05, 4.69) is 5.32 Å². The molecule has 1 N–H and O–H groups in total. The fourth-order valence-electron chi connectivity index (χ4n) is 2.73. The summed E-state index contributed by atoms with van der Waals surface area (Å²) in [6.45, 7) is 1.85. The van der Waals surface area contributed by atoms with Crippen molar-refractivity contribution >= 4 is 34.7 Å². The number of rotatable bonds is 3. The summed E-state index contributed by atoms with van der Waals surface area (Å²) in [6, 6.07) is 10.6. The summed E-state index contributed by atoms with van der Waals surface area (Å²) >= 11 is 0. The molecule has 0 radical (unpaired) electrons. The zero-order valence-corrected chi connectivity index (χ0v) is 13.3. The second kappa shape index (κ2) is 6.16. The molecule has 1 fully saturated rings. The van der Waals surface area contributed by atoms with E-state index in [1.54, 1.807) is 13.0 Å². The molecule has 1 heterocycles. The highest BCUT2D eigenvalue weighted by Gasteiger charge is 2.34. The predicted molar refractivity (Wildman–Crippen MR) is 89.4 cm³/mol. The zero-order chi connectivity index (χ0) is 17.3. The number of urea groups is 1. The molecule has 0 aliphatic carbocycles. The van der Waals surface area contributed by atoms with Crippen molar-refractivity contribution in [3.63, 3.8) is 0 Å². The van der Waals surface area contributed by atoms with Crippen molar-refractivity contribution in [3.05, 3.63) is 47.5 Å². The maximum absolute atomic E-state index is 12.5. The van der Waals surface area contributed by atoms with Crippen molar-refractivity contribution in [2.75, 3.05) is 13.7 Å². The molecule has 1 aliphatic heterocycles. The van der Waals surface area contributed by atoms with Crippen LogP contribution in [0.5, 0.6) is 5.75 Å². The molecule has 6 heteroatoms. The van der Waals surface area contributed by atoms with Crippen molar-refractivity contribution in [1.82, 2.24) is 10.2 Å². The normalized spacial score (nSPS) is 16.7. The fraction of sp³-hybridized carbons (Fsp3) is 0.167. The van der Waals surface area contributed by atoms with Gasteiger partial charge in [0.1, 0.15) is 11.3 Å². The van der Waals surface area contributed by atoms with Gasteiger partial charge in [-0.05, 0) is 29.8 Å². The minimum atomic E-state index is -0.704. The highest BCUT2D eigenvalue weighted by molar-refractivity contribution is 6.31. The second-order valence-corrected chi connectivity index (χ2v) is 5.27. The lowest BCUT2D eigenvalue weighted by molar-refractivity contribution is -0.129. The van der Waals surface area contributed by atoms with Crippen molar-refractivity contribution in [1.29, 1.82) is 0 Å². The molecule has 0 unspecified atom stereocenters. The van der Waals surface area contributed by atoms with Gasteiger partial charge in [0.2, 0.25) is 0 Å². The Morgan fingerprint density at radius 3 is 2.58 bits per heavy atom. The number of amides is 4. The van der Waals surface area contributed by atoms with Gasteiger partial charge in [0.25, 0.3) is 11.8 Å². The molecule has 2 aromatic rings. The third-order valence-corrected chi connectivity index (χ3v) is 3.94. The van der Waals surface area contributed by atoms with Gasteiger partial charge in [0, 0.05) is 12.1 Å². The molecular formula is C18H16N2O4. The fourth-order valence-corrected chi connectivity index (χ4v) is 2.73. The van der Waals surface area contributed by atoms with Gasteiger partial charge in [-0.15, -0.1) is 0 Å². The molecule has 1 saturated heterocycles. The number of hydrogen-bond donors (Lipinski definition) is 1. The Balaban J connectivity index is 2.20. The van der Waals surface area contributed by atoms with Crippen LogP contribution in [0.2, 0.25) is 0 Å². The van der Waals surface area contributed by atoms with E-state index in [1.807, 2.05) is 30.3 Å². The van der Waals surface area contributed by atoms with E-state index in [-0.39, 0.29) is 12.1 Å². The second-order valence-electron chi connectivity index (χ2n) is 5.27. The third-order valence-electron chi connectivity index (χ3n) is 3.94. The summed E-state index contributed by atoms with van der Waals surface area (Å²) in [6.07, 6.45) is 1.48. The number of fused-ring (bicyclic) bond motifs is 1. The van der Waals surface area contributed by atoms with Crippen LogP contribution in [0.4, 0.5) is 4.79 Å². The van der Waals surface area contributed by atoms with Gasteiger partial charge in [-0.1, -0.05) is 30.3 Å². The first-order valence-electron chi connectivity index (χ1n) is 7.51. The molecular weight excluding hydrogens is 308 g/mol. The first-order valence-corrected chi connectivity index (χ1v) is 7.51. The smallest absolute Gasteiger partial charge is 0.331 e. The number of carbonyl (C=O) groups is 3. The van der Waals surface area contributed by atoms with Crippen LogP contribution in [0.25, 0.3) is 16.8 Å². The molecule has 0 aromatic heterocycles. The molecule has 0 spiro atoms. The largest absolute Gasteiger partial charge is 0.496 e. The molecule has 4 amide bonds. The van der Waals surface area contributed by atoms with Gasteiger partial charge in [0.05, 0.1) is 7.11 Å². The topological polar surface area (TPSA) is 75.7 Å². The summed E-state index contributed by atoms with van der Waals surface area (Å²) < 4.78 is 5.37. The van der Waals surface area contributed by atoms with E-state index in [0.717, 1.165) is 15.7 Å². The van der Waals surface area contributed by atoms with E-state index in [1.165, 1.54) is 13.2 Å². The van der Waals surface area contributed by atoms with Crippen molar-refractivity contribution in [2.45, 2.75) is 6.92 Å². The summed E-state index contributed by atoms with van der Waals surface area (Å²) in [4.78, 5) is 37.3. The number of ether oxygens (including phenoxy) is 1. The number of carbonyl (C=O) groups excluding carboxylic acids is 3. The highest BCUT2D eigenvalue weighted by Crippen LogP contribution is 2.30. The maximum Gasteiger partial charge on any atom is 0.331 e. The molecule has 3 rings (SSSR count). The molecule has 0 atom stereocenters. The maximum atomic E-state index is 12.5. The SMILES string of the molecule is CCN1C(=O)NC(=O)/C(=C\c2c(OC)ccc3ccccc23)C1=O. The van der Waals surface area contributed by atoms with Crippen LogP contribution >= 0.6 is 0 Å². The number of nitrogens with one attached hydrogen (secondary N) is 1. The van der Waals surface area contributed by atoms with E-state index in [0.29, 0.717) is 11.3 Å². The first kappa shape index (κ1) is 15.7. The van der Waals surface area contributed by atoms with Crippen molar-refractivity contribution in [3.8, 4) is 5.75 Å². The number of benzene rings is 2. The standard InChI is InChI=1S/C18H16N2O4/c1-3-20-17(22)14(16(21)19-18(20)23)10-13-12-7-5-4-6-11(12)8-9-15(13)24-2/h4-10H,3H2,1-2H3,(H,19,21,23)/b14-10+. The van der Waals surface area contributed by atoms with Crippen LogP contribution in [-0.2, 0) is 9.59 Å². The van der Waals surface area contributed by atoms with Crippen LogP contribution in [0.1, 0.15) is 12.5 Å². The van der Waals surface area contributed by atoms with Gasteiger partial charge in [-0.2, -0.15) is 0 Å². The number of imide groups is 2. The number of barbiturate groups is 1. The Labute approximate surface area is 138 Å². The van der Waals surface area contributed by atoms with Gasteiger partial charge < -0.3 is 4.74 Å². The Morgan fingerprint density at radius 1 is 1.12 bits per heavy atom. The van der Waals surface area contributed by atoms with Crippen molar-refractivity contribution < 1.29 is 19.1 Å². The molecule has 6 nitrogen and oxygen atoms in total. The van der Waals surface area contributed by atoms with Crippen molar-refractivity contribution in [2.24, 2.45) is 0 Å². The first-order chi connectivity index (χ1) is 11.6. The van der Waals surface area contributed by atoms with Gasteiger partial charge >= 0.3 is 6.03 Å². The predicted octanol–water partition coefficient (Wildman–Crippen LogP) is 2.33. The van der Waals surface area contributed by atoms with Crippen LogP contribution < -0.4 is 10.1 Å². The quantitative estimate of drug-likeness (QED) is 0.694. The van der Waals surface area contributed by atoms with Gasteiger partial charge in [-0.3, -0.25) is 19.8 Å². The van der Waals surface area contributed by atoms with Gasteiger partial charge in [0.15, 0.2) is 0 Å². The lowest BCUT2D eigenvalue weighted by Gasteiger charge is -2.25. The zero-order valence-electron chi connectivity index (χ0n) is 13.3. The monoisotopic (exact) mass is 324 g/mol. The lowest BCUT2D eigenvalue weighted by atomic mass is 10.00. The Bertz CT molecular complexity index is 886. The summed E-state index contributed by atoms with van der Waals surface area (Å²) in [5, 5.41) is 3.99. The van der Waals surface area contributed by atoms with E-state index in [4.69, 9.17) is 4.74 Å². The number of nitrogens with zero attached hydrogens (tertiary/aromatic N) is 1. The Morgan fingerprint density at radius 2 is 1.88 bits per heavy atom. The summed E-state index contributed by atoms with van der Waals surface area (Å²) in [7, 11) is 1.52. The van der Waals surface area contributed by atoms with Crippen LogP contribution in [0, 0.1) is 0 Å². The average molecular weight is 324 g/mol. The molecule has 2 aromatic carbocycles. The van der Waals surface area contributed by atoms with Crippen LogP contribution in [0.15, 0.2) is 42.0 Å². The third kappa shape index (κ3) is 2.52. The highest BCUT2D eigenvalue weighted by atomic mass is 16.5. The summed E-state index contributed by atoms with van der Waals surface area (Å²) in [5.74, 6) is -0.771. The van der Waals surface area contributed by atoms with Gasteiger partial charge in [-0.25, -0.2) is 4.79 Å². The molecule has 0 bridgehead atoms. The Kier molecular flexibility index (Phi) is 4.04. The van der Waals surface area contributed by atoms with E-state index < -0.39 is 17.8 Å². The number of methoxy groups -OCH3 is 1. The van der Waals surface area contributed by atoms with E-state index in [9.17, 15) is 14.4 Å². The lowest BCUT2D eigenvalue weighted by Crippen LogP contribution is -2.53. The number of likely N-dealkylation sites (N-methyl/N-ethyl adjacent to an activating group) is 1. The van der Waals surface area contributed by atoms with Crippen LogP contribution in [0.3, 0.4) is 0 Å². The average Bonchev–Trinajstić information content (AvgIpc) is 2.58. The summed E-state index contributed by atoms with van der Waals surface area (Å²) in [5.41, 5.74) is 0.533. The minimum absolute atomic E-state index is 0.0916. The molecule has 122 valence electrons. The van der Waals surface area contributed by atoms with Crippen LogP contribution in [-0.4, -0.2) is 36.4 Å². The molecule has 24 heavy (non-hydrogen) atoms. The number of hydrogen-bond acceptors (Lipinski definition) is 4. The Hall–Kier alpha value is -3.15. The van der Waals surface area contributed by atoms with E-state index >= 15 is 0 Å². The molecule has 1 aliphatic rings.